The molecule has 0 spiro atoms. The van der Waals surface area contributed by atoms with Gasteiger partial charge in [-0.1, -0.05) is 18.5 Å². The molecule has 1 aromatic rings. The molecule has 1 rings (SSSR count). The first kappa shape index (κ1) is 12.5. The average Bonchev–Trinajstić information content (AvgIpc) is 2.21. The predicted octanol–water partition coefficient (Wildman–Crippen LogP) is 3.69. The fraction of sp³-hybridized carbons (Fsp3) is 0.500. The standard InChI is InChI=1S/C10H13Cl2FN2/c1-2-8(3-4-11)15-10-9(13)5-7(12)6-14-10/h5-6,8H,2-4H2,1H3,(H,14,15). The Morgan fingerprint density at radius 3 is 2.87 bits per heavy atom. The number of anilines is 1. The van der Waals surface area contributed by atoms with Crippen molar-refractivity contribution in [1.82, 2.24) is 4.98 Å². The Morgan fingerprint density at radius 2 is 2.33 bits per heavy atom. The van der Waals surface area contributed by atoms with E-state index >= 15 is 0 Å². The first-order chi connectivity index (χ1) is 7.17. The van der Waals surface area contributed by atoms with Crippen molar-refractivity contribution in [2.75, 3.05) is 11.2 Å². The molecule has 1 heterocycles. The molecule has 0 aliphatic carbocycles. The van der Waals surface area contributed by atoms with E-state index in [0.29, 0.717) is 10.9 Å². The highest BCUT2D eigenvalue weighted by molar-refractivity contribution is 6.30. The van der Waals surface area contributed by atoms with Gasteiger partial charge in [0.05, 0.1) is 5.02 Å². The molecular formula is C10H13Cl2FN2. The second-order valence-electron chi connectivity index (χ2n) is 3.21. The van der Waals surface area contributed by atoms with Crippen LogP contribution in [0.2, 0.25) is 5.02 Å². The zero-order valence-corrected chi connectivity index (χ0v) is 9.95. The molecule has 0 bridgehead atoms. The van der Waals surface area contributed by atoms with E-state index < -0.39 is 5.82 Å². The van der Waals surface area contributed by atoms with Crippen LogP contribution in [-0.4, -0.2) is 16.9 Å². The summed E-state index contributed by atoms with van der Waals surface area (Å²) >= 11 is 11.2. The van der Waals surface area contributed by atoms with Crippen molar-refractivity contribution < 1.29 is 4.39 Å². The van der Waals surface area contributed by atoms with Crippen molar-refractivity contribution in [3.8, 4) is 0 Å². The summed E-state index contributed by atoms with van der Waals surface area (Å²) in [6.07, 6.45) is 3.07. The summed E-state index contributed by atoms with van der Waals surface area (Å²) in [6, 6.07) is 1.38. The lowest BCUT2D eigenvalue weighted by Gasteiger charge is -2.16. The molecule has 1 unspecified atom stereocenters. The van der Waals surface area contributed by atoms with Crippen LogP contribution in [0.1, 0.15) is 19.8 Å². The van der Waals surface area contributed by atoms with E-state index in [-0.39, 0.29) is 11.9 Å². The summed E-state index contributed by atoms with van der Waals surface area (Å²) in [7, 11) is 0. The fourth-order valence-electron chi connectivity index (χ4n) is 1.22. The number of aromatic nitrogens is 1. The van der Waals surface area contributed by atoms with E-state index in [1.54, 1.807) is 0 Å². The molecule has 5 heteroatoms. The van der Waals surface area contributed by atoms with Gasteiger partial charge in [-0.3, -0.25) is 0 Å². The van der Waals surface area contributed by atoms with Gasteiger partial charge in [0, 0.05) is 18.1 Å². The third-order valence-corrected chi connectivity index (χ3v) is 2.52. The second kappa shape index (κ2) is 6.13. The van der Waals surface area contributed by atoms with E-state index in [0.717, 1.165) is 12.8 Å². The van der Waals surface area contributed by atoms with E-state index in [2.05, 4.69) is 10.3 Å². The van der Waals surface area contributed by atoms with Gasteiger partial charge >= 0.3 is 0 Å². The zero-order chi connectivity index (χ0) is 11.3. The largest absolute Gasteiger partial charge is 0.365 e. The van der Waals surface area contributed by atoms with Crippen LogP contribution in [-0.2, 0) is 0 Å². The molecule has 15 heavy (non-hydrogen) atoms. The van der Waals surface area contributed by atoms with Gasteiger partial charge in [0.2, 0.25) is 0 Å². The van der Waals surface area contributed by atoms with Crippen LogP contribution in [0.25, 0.3) is 0 Å². The second-order valence-corrected chi connectivity index (χ2v) is 4.03. The molecule has 0 aliphatic heterocycles. The molecule has 0 saturated heterocycles. The highest BCUT2D eigenvalue weighted by Gasteiger charge is 2.10. The molecule has 2 nitrogen and oxygen atoms in total. The molecule has 84 valence electrons. The number of alkyl halides is 1. The number of halogens is 3. The summed E-state index contributed by atoms with van der Waals surface area (Å²) in [5.41, 5.74) is 0. The topological polar surface area (TPSA) is 24.9 Å². The summed E-state index contributed by atoms with van der Waals surface area (Å²) < 4.78 is 13.3. The van der Waals surface area contributed by atoms with Gasteiger partial charge in [-0.25, -0.2) is 9.37 Å². The van der Waals surface area contributed by atoms with Crippen LogP contribution in [0.4, 0.5) is 10.2 Å². The summed E-state index contributed by atoms with van der Waals surface area (Å²) in [4.78, 5) is 3.89. The molecule has 0 radical (unpaired) electrons. The van der Waals surface area contributed by atoms with Crippen molar-refractivity contribution >= 4 is 29.0 Å². The maximum absolute atomic E-state index is 13.3. The molecular weight excluding hydrogens is 238 g/mol. The van der Waals surface area contributed by atoms with Crippen LogP contribution in [0, 0.1) is 5.82 Å². The Hall–Kier alpha value is -0.540. The zero-order valence-electron chi connectivity index (χ0n) is 8.43. The van der Waals surface area contributed by atoms with E-state index in [4.69, 9.17) is 23.2 Å². The number of hydrogen-bond acceptors (Lipinski definition) is 2. The van der Waals surface area contributed by atoms with E-state index in [1.807, 2.05) is 6.92 Å². The summed E-state index contributed by atoms with van der Waals surface area (Å²) in [5.74, 6) is 0.340. The lowest BCUT2D eigenvalue weighted by molar-refractivity contribution is 0.609. The lowest BCUT2D eigenvalue weighted by Crippen LogP contribution is -2.20. The minimum atomic E-state index is -0.435. The Labute approximate surface area is 98.8 Å². The van der Waals surface area contributed by atoms with E-state index in [1.165, 1.54) is 12.3 Å². The van der Waals surface area contributed by atoms with Crippen molar-refractivity contribution in [2.24, 2.45) is 0 Å². The van der Waals surface area contributed by atoms with Gasteiger partial charge in [0.15, 0.2) is 11.6 Å². The number of nitrogens with zero attached hydrogens (tertiary/aromatic N) is 1. The van der Waals surface area contributed by atoms with Crippen LogP contribution < -0.4 is 5.32 Å². The van der Waals surface area contributed by atoms with Crippen LogP contribution in [0.3, 0.4) is 0 Å². The van der Waals surface area contributed by atoms with Crippen LogP contribution >= 0.6 is 23.2 Å². The maximum atomic E-state index is 13.3. The number of pyridine rings is 1. The molecule has 0 aliphatic rings. The lowest BCUT2D eigenvalue weighted by atomic mass is 10.2. The normalized spacial score (nSPS) is 12.5. The monoisotopic (exact) mass is 250 g/mol. The maximum Gasteiger partial charge on any atom is 0.166 e. The van der Waals surface area contributed by atoms with Crippen molar-refractivity contribution in [1.29, 1.82) is 0 Å². The van der Waals surface area contributed by atoms with Gasteiger partial charge in [0.25, 0.3) is 0 Å². The van der Waals surface area contributed by atoms with Crippen molar-refractivity contribution in [3.63, 3.8) is 0 Å². The summed E-state index contributed by atoms with van der Waals surface area (Å²) in [6.45, 7) is 2.01. The summed E-state index contributed by atoms with van der Waals surface area (Å²) in [5, 5.41) is 3.29. The third-order valence-electron chi connectivity index (χ3n) is 2.10. The van der Waals surface area contributed by atoms with Gasteiger partial charge < -0.3 is 5.32 Å². The SMILES string of the molecule is CCC(CCCl)Nc1ncc(Cl)cc1F. The fourth-order valence-corrected chi connectivity index (χ4v) is 1.63. The third kappa shape index (κ3) is 3.84. The molecule has 0 amide bonds. The Bertz CT molecular complexity index is 320. The first-order valence-corrected chi connectivity index (χ1v) is 5.72. The molecule has 0 aromatic carbocycles. The van der Waals surface area contributed by atoms with E-state index in [9.17, 15) is 4.39 Å². The Morgan fingerprint density at radius 1 is 1.60 bits per heavy atom. The average molecular weight is 251 g/mol. The van der Waals surface area contributed by atoms with Gasteiger partial charge in [-0.2, -0.15) is 0 Å². The molecule has 1 aromatic heterocycles. The quantitative estimate of drug-likeness (QED) is 0.807. The smallest absolute Gasteiger partial charge is 0.166 e. The van der Waals surface area contributed by atoms with Crippen molar-refractivity contribution in [2.45, 2.75) is 25.8 Å². The molecule has 0 fully saturated rings. The Kier molecular flexibility index (Phi) is 5.12. The number of rotatable bonds is 5. The van der Waals surface area contributed by atoms with Crippen LogP contribution in [0.5, 0.6) is 0 Å². The minimum Gasteiger partial charge on any atom is -0.365 e. The van der Waals surface area contributed by atoms with Gasteiger partial charge in [-0.15, -0.1) is 11.6 Å². The molecule has 0 saturated carbocycles. The van der Waals surface area contributed by atoms with Gasteiger partial charge in [0.1, 0.15) is 0 Å². The highest BCUT2D eigenvalue weighted by atomic mass is 35.5. The molecule has 1 N–H and O–H groups in total. The number of hydrogen-bond donors (Lipinski definition) is 1. The minimum absolute atomic E-state index is 0.144. The highest BCUT2D eigenvalue weighted by Crippen LogP contribution is 2.17. The van der Waals surface area contributed by atoms with Crippen LogP contribution in [0.15, 0.2) is 12.3 Å². The predicted molar refractivity (Wildman–Crippen MR) is 62.2 cm³/mol. The Balaban J connectivity index is 2.70. The van der Waals surface area contributed by atoms with Crippen molar-refractivity contribution in [3.05, 3.63) is 23.1 Å². The van der Waals surface area contributed by atoms with Gasteiger partial charge in [-0.05, 0) is 18.9 Å². The number of nitrogens with one attached hydrogen (secondary N) is 1. The first-order valence-electron chi connectivity index (χ1n) is 4.81. The molecule has 1 atom stereocenters.